The predicted molar refractivity (Wildman–Crippen MR) is 121 cm³/mol. The zero-order chi connectivity index (χ0) is 22.1. The van der Waals surface area contributed by atoms with Crippen LogP contribution < -0.4 is 5.43 Å². The van der Waals surface area contributed by atoms with Crippen LogP contribution in [0.2, 0.25) is 0 Å². The fraction of sp³-hybridized carbons (Fsp3) is 0.583. The number of hydrogen-bond acceptors (Lipinski definition) is 4. The van der Waals surface area contributed by atoms with E-state index in [4.69, 9.17) is 4.74 Å². The number of rotatable bonds is 4. The number of likely N-dealkylation sites (tertiary alicyclic amines) is 1. The molecule has 1 aliphatic rings. The summed E-state index contributed by atoms with van der Waals surface area (Å²) in [5.41, 5.74) is 1.32. The number of carbonyl (C=O) groups excluding carboxylic acids is 1. The molecule has 2 aromatic rings. The van der Waals surface area contributed by atoms with E-state index in [-0.39, 0.29) is 23.6 Å². The van der Waals surface area contributed by atoms with E-state index in [9.17, 15) is 9.59 Å². The molecule has 1 saturated heterocycles. The molecule has 1 aromatic carbocycles. The van der Waals surface area contributed by atoms with E-state index in [2.05, 4.69) is 18.7 Å². The number of pyridine rings is 1. The van der Waals surface area contributed by atoms with Gasteiger partial charge in [0.25, 0.3) is 0 Å². The van der Waals surface area contributed by atoms with Crippen LogP contribution in [0.25, 0.3) is 10.9 Å². The molecule has 0 unspecified atom stereocenters. The van der Waals surface area contributed by atoms with Gasteiger partial charge in [0.05, 0.1) is 5.52 Å². The largest absolute Gasteiger partial charge is 0.444 e. The van der Waals surface area contributed by atoms with Crippen LogP contribution in [0.1, 0.15) is 53.0 Å². The van der Waals surface area contributed by atoms with Gasteiger partial charge in [-0.1, -0.05) is 12.1 Å². The van der Waals surface area contributed by atoms with Gasteiger partial charge in [-0.05, 0) is 59.6 Å². The molecule has 0 radical (unpaired) electrons. The molecule has 1 amide bonds. The van der Waals surface area contributed by atoms with Crippen LogP contribution >= 0.6 is 0 Å². The number of carbonyl (C=O) groups is 1. The highest BCUT2D eigenvalue weighted by molar-refractivity contribution is 5.79. The van der Waals surface area contributed by atoms with Gasteiger partial charge in [-0.25, -0.2) is 4.79 Å². The summed E-state index contributed by atoms with van der Waals surface area (Å²) in [6.45, 7) is 11.9. The SMILES string of the molecule is CC(C)N(Cc1cn(C)c2ccccc2c1=O)[C@H]1CCCN(C(=O)OC(C)(C)C)C1. The number of para-hydroxylation sites is 1. The van der Waals surface area contributed by atoms with E-state index in [1.807, 2.05) is 67.7 Å². The van der Waals surface area contributed by atoms with Crippen molar-refractivity contribution in [2.75, 3.05) is 13.1 Å². The van der Waals surface area contributed by atoms with Gasteiger partial charge < -0.3 is 14.2 Å². The molecule has 3 rings (SSSR count). The van der Waals surface area contributed by atoms with E-state index in [1.54, 1.807) is 0 Å². The van der Waals surface area contributed by atoms with Crippen LogP contribution in [0.4, 0.5) is 4.79 Å². The van der Waals surface area contributed by atoms with Gasteiger partial charge in [-0.15, -0.1) is 0 Å². The van der Waals surface area contributed by atoms with Crippen molar-refractivity contribution in [1.29, 1.82) is 0 Å². The van der Waals surface area contributed by atoms with E-state index in [1.165, 1.54) is 0 Å². The Labute approximate surface area is 179 Å². The first-order valence-electron chi connectivity index (χ1n) is 10.9. The topological polar surface area (TPSA) is 54.8 Å². The third kappa shape index (κ3) is 5.04. The summed E-state index contributed by atoms with van der Waals surface area (Å²) in [6.07, 6.45) is 3.64. The fourth-order valence-corrected chi connectivity index (χ4v) is 4.27. The smallest absolute Gasteiger partial charge is 0.410 e. The molecule has 1 atom stereocenters. The predicted octanol–water partition coefficient (Wildman–Crippen LogP) is 4.15. The summed E-state index contributed by atoms with van der Waals surface area (Å²) < 4.78 is 7.61. The Morgan fingerprint density at radius 1 is 1.27 bits per heavy atom. The van der Waals surface area contributed by atoms with Gasteiger partial charge in [-0.2, -0.15) is 0 Å². The van der Waals surface area contributed by atoms with Crippen molar-refractivity contribution < 1.29 is 9.53 Å². The minimum absolute atomic E-state index is 0.0918. The number of ether oxygens (including phenoxy) is 1. The number of benzene rings is 1. The molecular formula is C24H35N3O3. The highest BCUT2D eigenvalue weighted by Gasteiger charge is 2.32. The summed E-state index contributed by atoms with van der Waals surface area (Å²) in [5.74, 6) is 0. The van der Waals surface area contributed by atoms with E-state index in [0.29, 0.717) is 13.1 Å². The molecule has 1 aliphatic heterocycles. The lowest BCUT2D eigenvalue weighted by Gasteiger charge is -2.41. The maximum atomic E-state index is 13.1. The number of nitrogens with zero attached hydrogens (tertiary/aromatic N) is 3. The van der Waals surface area contributed by atoms with Gasteiger partial charge >= 0.3 is 6.09 Å². The second-order valence-corrected chi connectivity index (χ2v) is 9.60. The average molecular weight is 414 g/mol. The molecule has 164 valence electrons. The van der Waals surface area contributed by atoms with Crippen molar-refractivity contribution in [1.82, 2.24) is 14.4 Å². The Balaban J connectivity index is 1.83. The Morgan fingerprint density at radius 2 is 1.97 bits per heavy atom. The Kier molecular flexibility index (Phi) is 6.56. The molecule has 1 aromatic heterocycles. The maximum Gasteiger partial charge on any atom is 0.410 e. The number of aryl methyl sites for hydroxylation is 1. The zero-order valence-corrected chi connectivity index (χ0v) is 19.1. The molecule has 6 heteroatoms. The van der Waals surface area contributed by atoms with Crippen molar-refractivity contribution in [3.63, 3.8) is 0 Å². The zero-order valence-electron chi connectivity index (χ0n) is 19.1. The standard InChI is InChI=1S/C24H35N3O3/c1-17(2)27(19-10-9-13-26(16-19)23(29)30-24(3,4)5)15-18-14-25(6)21-12-8-7-11-20(21)22(18)28/h7-8,11-12,14,17,19H,9-10,13,15-16H2,1-6H3/t19-/m0/s1. The van der Waals surface area contributed by atoms with Gasteiger partial charge in [0, 0.05) is 55.9 Å². The third-order valence-corrected chi connectivity index (χ3v) is 5.70. The second-order valence-electron chi connectivity index (χ2n) is 9.60. The van der Waals surface area contributed by atoms with Gasteiger partial charge in [0.15, 0.2) is 5.43 Å². The molecule has 0 N–H and O–H groups in total. The molecule has 6 nitrogen and oxygen atoms in total. The quantitative estimate of drug-likeness (QED) is 0.756. The van der Waals surface area contributed by atoms with Gasteiger partial charge in [0.2, 0.25) is 0 Å². The maximum absolute atomic E-state index is 13.1. The van der Waals surface area contributed by atoms with Crippen molar-refractivity contribution >= 4 is 17.0 Å². The first-order valence-corrected chi connectivity index (χ1v) is 10.9. The number of hydrogen-bond donors (Lipinski definition) is 0. The van der Waals surface area contributed by atoms with Crippen molar-refractivity contribution in [3.8, 4) is 0 Å². The van der Waals surface area contributed by atoms with Crippen molar-refractivity contribution in [2.24, 2.45) is 7.05 Å². The molecule has 30 heavy (non-hydrogen) atoms. The molecule has 0 saturated carbocycles. The monoisotopic (exact) mass is 413 g/mol. The number of aromatic nitrogens is 1. The molecule has 1 fully saturated rings. The van der Waals surface area contributed by atoms with Crippen molar-refractivity contribution in [3.05, 3.63) is 46.2 Å². The van der Waals surface area contributed by atoms with Crippen LogP contribution in [0, 0.1) is 0 Å². The lowest BCUT2D eigenvalue weighted by molar-refractivity contribution is 0.00616. The van der Waals surface area contributed by atoms with Crippen LogP contribution in [-0.2, 0) is 18.3 Å². The highest BCUT2D eigenvalue weighted by atomic mass is 16.6. The van der Waals surface area contributed by atoms with E-state index < -0.39 is 5.60 Å². The van der Waals surface area contributed by atoms with Gasteiger partial charge in [0.1, 0.15) is 5.60 Å². The minimum atomic E-state index is -0.501. The lowest BCUT2D eigenvalue weighted by atomic mass is 10.0. The fourth-order valence-electron chi connectivity index (χ4n) is 4.27. The number of amides is 1. The first-order chi connectivity index (χ1) is 14.1. The first kappa shape index (κ1) is 22.3. The highest BCUT2D eigenvalue weighted by Crippen LogP contribution is 2.22. The van der Waals surface area contributed by atoms with E-state index >= 15 is 0 Å². The van der Waals surface area contributed by atoms with Crippen molar-refractivity contribution in [2.45, 2.75) is 71.7 Å². The second kappa shape index (κ2) is 8.80. The molecule has 0 aliphatic carbocycles. The third-order valence-electron chi connectivity index (χ3n) is 5.70. The van der Waals surface area contributed by atoms with Crippen LogP contribution in [0.15, 0.2) is 35.3 Å². The lowest BCUT2D eigenvalue weighted by Crippen LogP contribution is -2.52. The van der Waals surface area contributed by atoms with Crippen LogP contribution in [0.5, 0.6) is 0 Å². The molecular weight excluding hydrogens is 378 g/mol. The number of fused-ring (bicyclic) bond motifs is 1. The number of piperidine rings is 1. The summed E-state index contributed by atoms with van der Waals surface area (Å²) in [6, 6.07) is 8.18. The summed E-state index contributed by atoms with van der Waals surface area (Å²) in [7, 11) is 1.98. The summed E-state index contributed by atoms with van der Waals surface area (Å²) >= 11 is 0. The Morgan fingerprint density at radius 3 is 2.63 bits per heavy atom. The Bertz CT molecular complexity index is 958. The summed E-state index contributed by atoms with van der Waals surface area (Å²) in [5, 5.41) is 0.750. The molecule has 2 heterocycles. The van der Waals surface area contributed by atoms with E-state index in [0.717, 1.165) is 35.9 Å². The summed E-state index contributed by atoms with van der Waals surface area (Å²) in [4.78, 5) is 29.9. The van der Waals surface area contributed by atoms with Crippen LogP contribution in [-0.4, -0.2) is 51.2 Å². The van der Waals surface area contributed by atoms with Crippen LogP contribution in [0.3, 0.4) is 0 Å². The molecule has 0 bridgehead atoms. The molecule has 0 spiro atoms. The van der Waals surface area contributed by atoms with Gasteiger partial charge in [-0.3, -0.25) is 9.69 Å². The minimum Gasteiger partial charge on any atom is -0.444 e. The normalized spacial score (nSPS) is 17.7. The Hall–Kier alpha value is -2.34. The average Bonchev–Trinajstić information content (AvgIpc) is 2.68.